The summed E-state index contributed by atoms with van der Waals surface area (Å²) in [5, 5.41) is 16.2. The monoisotopic (exact) mass is 449 g/mol. The van der Waals surface area contributed by atoms with Crippen LogP contribution in [0.25, 0.3) is 0 Å². The molecule has 0 aliphatic heterocycles. The molecule has 32 heavy (non-hydrogen) atoms. The Balaban J connectivity index is 1.59. The topological polar surface area (TPSA) is 101 Å². The second-order valence-corrected chi connectivity index (χ2v) is 8.76. The van der Waals surface area contributed by atoms with Crippen LogP contribution in [0.5, 0.6) is 0 Å². The standard InChI is InChI=1S/C24H23N3O4S/c1-15-4-7-18(8-5-15)24(29)25-19-9-12-21(13-10-19)32-17(3)23(28)26-22-14-20(27(30)31)11-6-16(22)2/h4-14,17H,1-3H3,(H,25,29)(H,26,28). The van der Waals surface area contributed by atoms with Gasteiger partial charge < -0.3 is 10.6 Å². The second-order valence-electron chi connectivity index (χ2n) is 7.35. The van der Waals surface area contributed by atoms with Gasteiger partial charge in [0, 0.05) is 28.3 Å². The maximum atomic E-state index is 12.6. The van der Waals surface area contributed by atoms with Gasteiger partial charge in [-0.05, 0) is 62.7 Å². The van der Waals surface area contributed by atoms with Crippen molar-refractivity contribution in [2.24, 2.45) is 0 Å². The maximum Gasteiger partial charge on any atom is 0.271 e. The van der Waals surface area contributed by atoms with Crippen LogP contribution in [0.3, 0.4) is 0 Å². The molecule has 0 saturated heterocycles. The molecule has 0 saturated carbocycles. The van der Waals surface area contributed by atoms with E-state index >= 15 is 0 Å². The average Bonchev–Trinajstić information content (AvgIpc) is 2.76. The Kier molecular flexibility index (Phi) is 7.27. The number of nitrogens with one attached hydrogen (secondary N) is 2. The lowest BCUT2D eigenvalue weighted by Crippen LogP contribution is -2.22. The molecule has 0 aliphatic carbocycles. The predicted octanol–water partition coefficient (Wildman–Crippen LogP) is 5.58. The van der Waals surface area contributed by atoms with Crippen molar-refractivity contribution >= 4 is 40.6 Å². The van der Waals surface area contributed by atoms with E-state index in [0.717, 1.165) is 16.0 Å². The minimum atomic E-state index is -0.494. The van der Waals surface area contributed by atoms with Crippen molar-refractivity contribution in [3.63, 3.8) is 0 Å². The lowest BCUT2D eigenvalue weighted by atomic mass is 10.1. The maximum absolute atomic E-state index is 12.6. The van der Waals surface area contributed by atoms with Crippen molar-refractivity contribution in [3.05, 3.63) is 93.5 Å². The lowest BCUT2D eigenvalue weighted by Gasteiger charge is -2.14. The molecule has 0 radical (unpaired) electrons. The van der Waals surface area contributed by atoms with Gasteiger partial charge in [-0.3, -0.25) is 19.7 Å². The number of non-ortho nitro benzene ring substituents is 1. The van der Waals surface area contributed by atoms with Gasteiger partial charge in [-0.2, -0.15) is 0 Å². The Bertz CT molecular complexity index is 1140. The SMILES string of the molecule is Cc1ccc(C(=O)Nc2ccc(SC(C)C(=O)Nc3cc([N+](=O)[O-])ccc3C)cc2)cc1. The van der Waals surface area contributed by atoms with E-state index in [1.807, 2.05) is 31.2 Å². The van der Waals surface area contributed by atoms with Crippen LogP contribution in [0.15, 0.2) is 71.6 Å². The van der Waals surface area contributed by atoms with E-state index in [2.05, 4.69) is 10.6 Å². The Morgan fingerprint density at radius 1 is 0.938 bits per heavy atom. The van der Waals surface area contributed by atoms with Gasteiger partial charge in [-0.25, -0.2) is 0 Å². The summed E-state index contributed by atoms with van der Waals surface area (Å²) in [5.74, 6) is -0.444. The van der Waals surface area contributed by atoms with Crippen LogP contribution in [-0.2, 0) is 4.79 Å². The number of hydrogen-bond acceptors (Lipinski definition) is 5. The minimum Gasteiger partial charge on any atom is -0.325 e. The summed E-state index contributed by atoms with van der Waals surface area (Å²) in [6.07, 6.45) is 0. The van der Waals surface area contributed by atoms with Crippen molar-refractivity contribution in [2.45, 2.75) is 30.9 Å². The number of aryl methyl sites for hydroxylation is 2. The summed E-state index contributed by atoms with van der Waals surface area (Å²) in [6.45, 7) is 5.50. The van der Waals surface area contributed by atoms with Gasteiger partial charge in [0.15, 0.2) is 0 Å². The van der Waals surface area contributed by atoms with E-state index in [0.29, 0.717) is 16.9 Å². The lowest BCUT2D eigenvalue weighted by molar-refractivity contribution is -0.384. The quantitative estimate of drug-likeness (QED) is 0.278. The molecular formula is C24H23N3O4S. The third-order valence-corrected chi connectivity index (χ3v) is 5.91. The Hall–Kier alpha value is -3.65. The molecule has 2 N–H and O–H groups in total. The fourth-order valence-electron chi connectivity index (χ4n) is 2.88. The molecule has 0 spiro atoms. The number of hydrogen-bond donors (Lipinski definition) is 2. The fraction of sp³-hybridized carbons (Fsp3) is 0.167. The second kappa shape index (κ2) is 10.1. The van der Waals surface area contributed by atoms with Crippen LogP contribution in [0.4, 0.5) is 17.1 Å². The number of carbonyl (C=O) groups is 2. The molecule has 3 aromatic carbocycles. The molecule has 164 valence electrons. The van der Waals surface area contributed by atoms with Crippen LogP contribution in [-0.4, -0.2) is 22.0 Å². The molecule has 2 amide bonds. The van der Waals surface area contributed by atoms with Crippen LogP contribution >= 0.6 is 11.8 Å². The number of rotatable bonds is 7. The highest BCUT2D eigenvalue weighted by Gasteiger charge is 2.17. The third kappa shape index (κ3) is 5.95. The van der Waals surface area contributed by atoms with Gasteiger partial charge >= 0.3 is 0 Å². The van der Waals surface area contributed by atoms with E-state index in [4.69, 9.17) is 0 Å². The number of thioether (sulfide) groups is 1. The zero-order valence-corrected chi connectivity index (χ0v) is 18.7. The smallest absolute Gasteiger partial charge is 0.271 e. The zero-order chi connectivity index (χ0) is 23.3. The molecule has 0 aromatic heterocycles. The van der Waals surface area contributed by atoms with Crippen LogP contribution in [0, 0.1) is 24.0 Å². The molecule has 3 rings (SSSR count). The summed E-state index contributed by atoms with van der Waals surface area (Å²) < 4.78 is 0. The molecule has 0 bridgehead atoms. The van der Waals surface area contributed by atoms with Crippen molar-refractivity contribution in [3.8, 4) is 0 Å². The van der Waals surface area contributed by atoms with Gasteiger partial charge in [0.1, 0.15) is 0 Å². The van der Waals surface area contributed by atoms with Crippen molar-refractivity contribution < 1.29 is 14.5 Å². The normalized spacial score (nSPS) is 11.5. The first-order valence-electron chi connectivity index (χ1n) is 9.93. The molecule has 1 unspecified atom stereocenters. The van der Waals surface area contributed by atoms with Gasteiger partial charge in [-0.15, -0.1) is 11.8 Å². The van der Waals surface area contributed by atoms with Gasteiger partial charge in [0.25, 0.3) is 11.6 Å². The first-order valence-corrected chi connectivity index (χ1v) is 10.8. The predicted molar refractivity (Wildman–Crippen MR) is 127 cm³/mol. The number of carbonyl (C=O) groups excluding carboxylic acids is 2. The third-order valence-electron chi connectivity index (χ3n) is 4.80. The largest absolute Gasteiger partial charge is 0.325 e. The molecule has 1 atom stereocenters. The summed E-state index contributed by atoms with van der Waals surface area (Å²) in [4.78, 5) is 36.3. The van der Waals surface area contributed by atoms with Gasteiger partial charge in [-0.1, -0.05) is 23.8 Å². The van der Waals surface area contributed by atoms with E-state index < -0.39 is 10.2 Å². The summed E-state index contributed by atoms with van der Waals surface area (Å²) in [6, 6.07) is 18.9. The zero-order valence-electron chi connectivity index (χ0n) is 17.9. The number of nitro benzene ring substituents is 1. The molecule has 0 aliphatic rings. The van der Waals surface area contributed by atoms with E-state index in [1.165, 1.54) is 23.9 Å². The van der Waals surface area contributed by atoms with Crippen molar-refractivity contribution in [1.29, 1.82) is 0 Å². The molecule has 0 heterocycles. The van der Waals surface area contributed by atoms with Crippen LogP contribution < -0.4 is 10.6 Å². The highest BCUT2D eigenvalue weighted by Crippen LogP contribution is 2.27. The number of benzene rings is 3. The molecule has 8 heteroatoms. The summed E-state index contributed by atoms with van der Waals surface area (Å²) in [7, 11) is 0. The van der Waals surface area contributed by atoms with Crippen LogP contribution in [0.2, 0.25) is 0 Å². The summed E-state index contributed by atoms with van der Waals surface area (Å²) in [5.41, 5.74) is 3.41. The first kappa shape index (κ1) is 23.0. The highest BCUT2D eigenvalue weighted by molar-refractivity contribution is 8.00. The molecular weight excluding hydrogens is 426 g/mol. The first-order chi connectivity index (χ1) is 15.2. The number of amides is 2. The number of nitro groups is 1. The Labute approximate surface area is 190 Å². The molecule has 3 aromatic rings. The van der Waals surface area contributed by atoms with Crippen LogP contribution in [0.1, 0.15) is 28.4 Å². The fourth-order valence-corrected chi connectivity index (χ4v) is 3.74. The van der Waals surface area contributed by atoms with Gasteiger partial charge in [0.2, 0.25) is 5.91 Å². The van der Waals surface area contributed by atoms with Crippen molar-refractivity contribution in [2.75, 3.05) is 10.6 Å². The van der Waals surface area contributed by atoms with Gasteiger partial charge in [0.05, 0.1) is 15.9 Å². The minimum absolute atomic E-state index is 0.0746. The van der Waals surface area contributed by atoms with Crippen molar-refractivity contribution in [1.82, 2.24) is 0 Å². The van der Waals surface area contributed by atoms with E-state index in [9.17, 15) is 19.7 Å². The Morgan fingerprint density at radius 2 is 1.59 bits per heavy atom. The Morgan fingerprint density at radius 3 is 2.22 bits per heavy atom. The molecule has 0 fully saturated rings. The summed E-state index contributed by atoms with van der Waals surface area (Å²) >= 11 is 1.35. The molecule has 7 nitrogen and oxygen atoms in total. The highest BCUT2D eigenvalue weighted by atomic mass is 32.2. The van der Waals surface area contributed by atoms with E-state index in [1.54, 1.807) is 44.2 Å². The average molecular weight is 450 g/mol. The number of anilines is 2. The number of nitrogens with zero attached hydrogens (tertiary/aromatic N) is 1. The van der Waals surface area contributed by atoms with E-state index in [-0.39, 0.29) is 17.5 Å².